The van der Waals surface area contributed by atoms with E-state index in [1.54, 1.807) is 30.3 Å². The van der Waals surface area contributed by atoms with E-state index in [-0.39, 0.29) is 5.56 Å². The molecule has 0 aliphatic rings. The quantitative estimate of drug-likeness (QED) is 0.714. The number of sulfonamides is 1. The predicted molar refractivity (Wildman–Crippen MR) is 91.3 cm³/mol. The van der Waals surface area contributed by atoms with Crippen LogP contribution in [0.1, 0.15) is 16.7 Å². The molecule has 0 aliphatic heterocycles. The van der Waals surface area contributed by atoms with Crippen LogP contribution < -0.4 is 0 Å². The molecule has 8 heteroatoms. The third-order valence-electron chi connectivity index (χ3n) is 3.53. The molecule has 0 atom stereocenters. The zero-order valence-corrected chi connectivity index (χ0v) is 14.4. The second-order valence-electron chi connectivity index (χ2n) is 5.49. The van der Waals surface area contributed by atoms with Crippen LogP contribution in [0.25, 0.3) is 0 Å². The number of carbonyl (C=O) groups excluding carboxylic acids is 1. The van der Waals surface area contributed by atoms with Gasteiger partial charge in [-0.15, -0.1) is 0 Å². The molecule has 0 fully saturated rings. The van der Waals surface area contributed by atoms with Crippen molar-refractivity contribution in [3.05, 3.63) is 83.9 Å². The first-order valence-electron chi connectivity index (χ1n) is 7.50. The second-order valence-corrected chi connectivity index (χ2v) is 7.38. The summed E-state index contributed by atoms with van der Waals surface area (Å²) in [7, 11) is -4.10. The molecule has 0 N–H and O–H groups in total. The SMILES string of the molecule is C=CC(=O)N(Cc1cccc(C(F)(F)F)c1)S(=O)(=O)Cc1ccccc1. The highest BCUT2D eigenvalue weighted by Gasteiger charge is 2.31. The van der Waals surface area contributed by atoms with Crippen molar-refractivity contribution in [1.82, 2.24) is 4.31 Å². The molecule has 2 aromatic carbocycles. The first kappa shape index (κ1) is 19.7. The van der Waals surface area contributed by atoms with Crippen LogP contribution in [0.2, 0.25) is 0 Å². The van der Waals surface area contributed by atoms with Crippen molar-refractivity contribution in [3.63, 3.8) is 0 Å². The summed E-state index contributed by atoms with van der Waals surface area (Å²) in [6.07, 6.45) is -3.75. The number of halogens is 3. The fourth-order valence-electron chi connectivity index (χ4n) is 2.29. The molecule has 0 unspecified atom stereocenters. The van der Waals surface area contributed by atoms with E-state index in [0.29, 0.717) is 9.87 Å². The number of amides is 1. The summed E-state index contributed by atoms with van der Waals surface area (Å²) >= 11 is 0. The van der Waals surface area contributed by atoms with Gasteiger partial charge in [0.1, 0.15) is 0 Å². The highest BCUT2D eigenvalue weighted by Crippen LogP contribution is 2.30. The minimum atomic E-state index is -4.56. The number of hydrogen-bond acceptors (Lipinski definition) is 3. The number of hydrogen-bond donors (Lipinski definition) is 0. The van der Waals surface area contributed by atoms with Crippen LogP contribution in [0.4, 0.5) is 13.2 Å². The molecule has 0 heterocycles. The average Bonchev–Trinajstić information content (AvgIpc) is 2.59. The molecule has 138 valence electrons. The molecule has 0 spiro atoms. The van der Waals surface area contributed by atoms with Crippen LogP contribution in [-0.2, 0) is 33.3 Å². The van der Waals surface area contributed by atoms with Gasteiger partial charge in [0.15, 0.2) is 0 Å². The summed E-state index contributed by atoms with van der Waals surface area (Å²) < 4.78 is 64.3. The summed E-state index contributed by atoms with van der Waals surface area (Å²) in [5.41, 5.74) is -0.411. The maximum Gasteiger partial charge on any atom is 0.416 e. The molecule has 26 heavy (non-hydrogen) atoms. The molecular formula is C18H16F3NO3S. The number of alkyl halides is 3. The summed E-state index contributed by atoms with van der Waals surface area (Å²) in [6, 6.07) is 12.4. The normalized spacial score (nSPS) is 11.8. The lowest BCUT2D eigenvalue weighted by molar-refractivity contribution is -0.137. The van der Waals surface area contributed by atoms with Gasteiger partial charge in [-0.1, -0.05) is 49.0 Å². The molecule has 2 rings (SSSR count). The monoisotopic (exact) mass is 383 g/mol. The molecule has 4 nitrogen and oxygen atoms in total. The maximum absolute atomic E-state index is 12.8. The third-order valence-corrected chi connectivity index (χ3v) is 5.21. The Hall–Kier alpha value is -2.61. The van der Waals surface area contributed by atoms with Crippen molar-refractivity contribution in [1.29, 1.82) is 0 Å². The van der Waals surface area contributed by atoms with Crippen molar-refractivity contribution in [2.24, 2.45) is 0 Å². The fourth-order valence-corrected chi connectivity index (χ4v) is 3.75. The van der Waals surface area contributed by atoms with Crippen LogP contribution in [0.5, 0.6) is 0 Å². The Morgan fingerprint density at radius 1 is 1.04 bits per heavy atom. The van der Waals surface area contributed by atoms with E-state index >= 15 is 0 Å². The Labute approximate surface area is 149 Å². The fraction of sp³-hybridized carbons (Fsp3) is 0.167. The van der Waals surface area contributed by atoms with Crippen LogP contribution in [-0.4, -0.2) is 18.6 Å². The van der Waals surface area contributed by atoms with Crippen molar-refractivity contribution in [2.45, 2.75) is 18.5 Å². The lowest BCUT2D eigenvalue weighted by Crippen LogP contribution is -2.36. The number of rotatable bonds is 6. The molecular weight excluding hydrogens is 367 g/mol. The lowest BCUT2D eigenvalue weighted by atomic mass is 10.1. The average molecular weight is 383 g/mol. The van der Waals surface area contributed by atoms with E-state index in [4.69, 9.17) is 0 Å². The van der Waals surface area contributed by atoms with Gasteiger partial charge in [-0.3, -0.25) is 4.79 Å². The Bertz CT molecular complexity index is 893. The molecule has 0 radical (unpaired) electrons. The van der Waals surface area contributed by atoms with E-state index < -0.39 is 40.0 Å². The molecule has 1 amide bonds. The second kappa shape index (κ2) is 7.74. The van der Waals surface area contributed by atoms with Gasteiger partial charge in [-0.05, 0) is 29.3 Å². The highest BCUT2D eigenvalue weighted by molar-refractivity contribution is 7.88. The highest BCUT2D eigenvalue weighted by atomic mass is 32.2. The Balaban J connectivity index is 2.34. The Morgan fingerprint density at radius 3 is 2.23 bits per heavy atom. The molecule has 0 aromatic heterocycles. The van der Waals surface area contributed by atoms with Gasteiger partial charge in [0.05, 0.1) is 17.9 Å². The smallest absolute Gasteiger partial charge is 0.269 e. The van der Waals surface area contributed by atoms with Crippen LogP contribution in [0.3, 0.4) is 0 Å². The van der Waals surface area contributed by atoms with Gasteiger partial charge in [0, 0.05) is 0 Å². The predicted octanol–water partition coefficient (Wildman–Crippen LogP) is 3.75. The molecule has 2 aromatic rings. The van der Waals surface area contributed by atoms with Gasteiger partial charge >= 0.3 is 6.18 Å². The summed E-state index contributed by atoms with van der Waals surface area (Å²) in [4.78, 5) is 12.0. The Kier molecular flexibility index (Phi) is 5.86. The van der Waals surface area contributed by atoms with Crippen LogP contribution in [0.15, 0.2) is 67.3 Å². The summed E-state index contributed by atoms with van der Waals surface area (Å²) in [5, 5.41) is 0. The molecule has 0 aliphatic carbocycles. The molecule has 0 bridgehead atoms. The topological polar surface area (TPSA) is 54.5 Å². The minimum Gasteiger partial charge on any atom is -0.269 e. The van der Waals surface area contributed by atoms with Gasteiger partial charge in [0.2, 0.25) is 10.0 Å². The van der Waals surface area contributed by atoms with Crippen molar-refractivity contribution >= 4 is 15.9 Å². The first-order chi connectivity index (χ1) is 12.1. The van der Waals surface area contributed by atoms with Crippen LogP contribution in [0, 0.1) is 0 Å². The van der Waals surface area contributed by atoms with E-state index in [9.17, 15) is 26.4 Å². The van der Waals surface area contributed by atoms with E-state index in [2.05, 4.69) is 6.58 Å². The van der Waals surface area contributed by atoms with Crippen LogP contribution >= 0.6 is 0 Å². The first-order valence-corrected chi connectivity index (χ1v) is 9.11. The van der Waals surface area contributed by atoms with E-state index in [0.717, 1.165) is 18.2 Å². The van der Waals surface area contributed by atoms with E-state index in [1.807, 2.05) is 0 Å². The zero-order chi connectivity index (χ0) is 19.4. The van der Waals surface area contributed by atoms with Gasteiger partial charge in [-0.2, -0.15) is 13.2 Å². The number of benzene rings is 2. The standard InChI is InChI=1S/C18H16F3NO3S/c1-2-17(23)22(26(24,25)13-14-7-4-3-5-8-14)12-15-9-6-10-16(11-15)18(19,20)21/h2-11H,1,12-13H2. The number of carbonyl (C=O) groups is 1. The van der Waals surface area contributed by atoms with Gasteiger partial charge in [-0.25, -0.2) is 12.7 Å². The lowest BCUT2D eigenvalue weighted by Gasteiger charge is -2.22. The minimum absolute atomic E-state index is 0.0478. The van der Waals surface area contributed by atoms with E-state index in [1.165, 1.54) is 12.1 Å². The Morgan fingerprint density at radius 2 is 1.65 bits per heavy atom. The maximum atomic E-state index is 12.8. The molecule has 0 saturated carbocycles. The summed E-state index contributed by atoms with van der Waals surface area (Å²) in [6.45, 7) is 2.75. The van der Waals surface area contributed by atoms with Crippen molar-refractivity contribution < 1.29 is 26.4 Å². The zero-order valence-electron chi connectivity index (χ0n) is 13.6. The third kappa shape index (κ3) is 4.95. The summed E-state index contributed by atoms with van der Waals surface area (Å²) in [5.74, 6) is -1.36. The van der Waals surface area contributed by atoms with Crippen molar-refractivity contribution in [2.75, 3.05) is 0 Å². The number of nitrogens with zero attached hydrogens (tertiary/aromatic N) is 1. The van der Waals surface area contributed by atoms with Gasteiger partial charge < -0.3 is 0 Å². The van der Waals surface area contributed by atoms with Crippen molar-refractivity contribution in [3.8, 4) is 0 Å². The van der Waals surface area contributed by atoms with Gasteiger partial charge in [0.25, 0.3) is 5.91 Å². The molecule has 0 saturated heterocycles. The largest absolute Gasteiger partial charge is 0.416 e.